The molecule has 1 N–H and O–H groups in total. The summed E-state index contributed by atoms with van der Waals surface area (Å²) in [6, 6.07) is 11.7. The van der Waals surface area contributed by atoms with E-state index in [2.05, 4.69) is 10.5 Å². The highest BCUT2D eigenvalue weighted by Crippen LogP contribution is 2.22. The zero-order valence-electron chi connectivity index (χ0n) is 14.2. The number of sulfone groups is 1. The van der Waals surface area contributed by atoms with Gasteiger partial charge in [-0.05, 0) is 47.9 Å². The fraction of sp³-hybridized carbons (Fsp3) is 0.333. The maximum Gasteiger partial charge on any atom is 0.244 e. The Hall–Kier alpha value is -2.41. The van der Waals surface area contributed by atoms with Crippen molar-refractivity contribution in [2.24, 2.45) is 11.0 Å². The number of hydrazone groups is 1. The van der Waals surface area contributed by atoms with Gasteiger partial charge in [-0.25, -0.2) is 13.8 Å². The summed E-state index contributed by atoms with van der Waals surface area (Å²) in [4.78, 5) is 12.1. The molecule has 0 unspecified atom stereocenters. The molecule has 1 aliphatic rings. The van der Waals surface area contributed by atoms with E-state index in [-0.39, 0.29) is 17.4 Å². The molecule has 1 aliphatic heterocycles. The van der Waals surface area contributed by atoms with Crippen LogP contribution in [0.1, 0.15) is 18.9 Å². The highest BCUT2D eigenvalue weighted by molar-refractivity contribution is 7.91. The van der Waals surface area contributed by atoms with Gasteiger partial charge in [0.2, 0.25) is 5.91 Å². The van der Waals surface area contributed by atoms with Crippen molar-refractivity contribution in [2.75, 3.05) is 18.6 Å². The van der Waals surface area contributed by atoms with Crippen molar-refractivity contribution in [3.05, 3.63) is 42.0 Å². The summed E-state index contributed by atoms with van der Waals surface area (Å²) in [5.74, 6) is -0.0753. The van der Waals surface area contributed by atoms with E-state index in [1.165, 1.54) is 0 Å². The number of benzene rings is 2. The van der Waals surface area contributed by atoms with E-state index < -0.39 is 15.8 Å². The first kappa shape index (κ1) is 17.4. The van der Waals surface area contributed by atoms with E-state index >= 15 is 0 Å². The number of methoxy groups -OCH3 is 1. The molecule has 6 nitrogen and oxygen atoms in total. The van der Waals surface area contributed by atoms with Gasteiger partial charge in [0, 0.05) is 0 Å². The maximum absolute atomic E-state index is 12.1. The molecule has 0 saturated carbocycles. The largest absolute Gasteiger partial charge is 0.497 e. The van der Waals surface area contributed by atoms with Crippen molar-refractivity contribution in [3.8, 4) is 5.75 Å². The van der Waals surface area contributed by atoms with Crippen LogP contribution in [-0.4, -0.2) is 38.7 Å². The summed E-state index contributed by atoms with van der Waals surface area (Å²) in [6.07, 6.45) is 0.362. The Morgan fingerprint density at radius 2 is 1.92 bits per heavy atom. The number of hydrogen-bond acceptors (Lipinski definition) is 5. The quantitative estimate of drug-likeness (QED) is 0.669. The van der Waals surface area contributed by atoms with E-state index in [0.29, 0.717) is 12.1 Å². The van der Waals surface area contributed by atoms with Gasteiger partial charge < -0.3 is 4.74 Å². The van der Waals surface area contributed by atoms with Crippen LogP contribution in [0, 0.1) is 5.92 Å². The van der Waals surface area contributed by atoms with Crippen LogP contribution in [0.25, 0.3) is 10.8 Å². The van der Waals surface area contributed by atoms with Crippen LogP contribution in [0.15, 0.2) is 41.5 Å². The summed E-state index contributed by atoms with van der Waals surface area (Å²) < 4.78 is 28.1. The number of nitrogens with zero attached hydrogens (tertiary/aromatic N) is 1. The summed E-state index contributed by atoms with van der Waals surface area (Å²) in [7, 11) is -1.45. The number of ether oxygens (including phenoxy) is 1. The minimum Gasteiger partial charge on any atom is -0.497 e. The Kier molecular flexibility index (Phi) is 4.76. The molecule has 1 saturated heterocycles. The van der Waals surface area contributed by atoms with Gasteiger partial charge in [-0.3, -0.25) is 4.79 Å². The smallest absolute Gasteiger partial charge is 0.244 e. The summed E-state index contributed by atoms with van der Waals surface area (Å²) >= 11 is 0. The van der Waals surface area contributed by atoms with Crippen LogP contribution < -0.4 is 10.2 Å². The minimum atomic E-state index is -3.08. The Labute approximate surface area is 146 Å². The standard InChI is InChI=1S/C18H20N2O4S/c1-12(19-20-18(21)16-7-8-25(22,23)11-16)13-3-4-15-10-17(24-2)6-5-14(15)9-13/h3-6,9-10,16H,7-8,11H2,1-2H3,(H,20,21)/b19-12-/t16-/m0/s1. The Morgan fingerprint density at radius 3 is 2.60 bits per heavy atom. The van der Waals surface area contributed by atoms with E-state index in [1.54, 1.807) is 14.0 Å². The van der Waals surface area contributed by atoms with Crippen molar-refractivity contribution in [1.82, 2.24) is 5.43 Å². The molecule has 0 radical (unpaired) electrons. The summed E-state index contributed by atoms with van der Waals surface area (Å²) in [5, 5.41) is 6.22. The van der Waals surface area contributed by atoms with Crippen LogP contribution >= 0.6 is 0 Å². The second-order valence-electron chi connectivity index (χ2n) is 6.20. The predicted molar refractivity (Wildman–Crippen MR) is 97.6 cm³/mol. The third kappa shape index (κ3) is 3.99. The summed E-state index contributed by atoms with van der Waals surface area (Å²) in [6.45, 7) is 1.80. The number of amides is 1. The SMILES string of the molecule is COc1ccc2cc(/C(C)=N\NC(=O)[C@H]3CCS(=O)(=O)C3)ccc2c1. The van der Waals surface area contributed by atoms with E-state index in [9.17, 15) is 13.2 Å². The molecule has 1 atom stereocenters. The van der Waals surface area contributed by atoms with Crippen molar-refractivity contribution in [2.45, 2.75) is 13.3 Å². The van der Waals surface area contributed by atoms with E-state index in [0.717, 1.165) is 22.1 Å². The third-order valence-corrected chi connectivity index (χ3v) is 6.17. The number of nitrogens with one attached hydrogen (secondary N) is 1. The maximum atomic E-state index is 12.1. The lowest BCUT2D eigenvalue weighted by Crippen LogP contribution is -2.28. The molecule has 3 rings (SSSR count). The van der Waals surface area contributed by atoms with Crippen LogP contribution in [0.2, 0.25) is 0 Å². The highest BCUT2D eigenvalue weighted by atomic mass is 32.2. The number of carbonyl (C=O) groups excluding carboxylic acids is 1. The topological polar surface area (TPSA) is 84.8 Å². The van der Waals surface area contributed by atoms with Crippen molar-refractivity contribution in [3.63, 3.8) is 0 Å². The molecule has 0 spiro atoms. The van der Waals surface area contributed by atoms with E-state index in [1.807, 2.05) is 36.4 Å². The van der Waals surface area contributed by atoms with Crippen molar-refractivity contribution < 1.29 is 17.9 Å². The molecular formula is C18H20N2O4S. The first-order valence-electron chi connectivity index (χ1n) is 8.01. The van der Waals surface area contributed by atoms with Crippen molar-refractivity contribution in [1.29, 1.82) is 0 Å². The average molecular weight is 360 g/mol. The van der Waals surface area contributed by atoms with Gasteiger partial charge in [-0.1, -0.05) is 18.2 Å². The Morgan fingerprint density at radius 1 is 1.20 bits per heavy atom. The Bertz CT molecular complexity index is 951. The zero-order chi connectivity index (χ0) is 18.0. The molecule has 7 heteroatoms. The van der Waals surface area contributed by atoms with Crippen molar-refractivity contribution >= 4 is 32.2 Å². The van der Waals surface area contributed by atoms with E-state index in [4.69, 9.17) is 4.74 Å². The molecule has 0 aliphatic carbocycles. The molecule has 1 amide bonds. The number of carbonyl (C=O) groups is 1. The lowest BCUT2D eigenvalue weighted by atomic mass is 10.0. The number of rotatable bonds is 4. The third-order valence-electron chi connectivity index (χ3n) is 4.40. The molecule has 2 aromatic rings. The molecular weight excluding hydrogens is 340 g/mol. The normalized spacial score (nSPS) is 19.8. The second kappa shape index (κ2) is 6.84. The van der Waals surface area contributed by atoms with Gasteiger partial charge in [-0.2, -0.15) is 5.10 Å². The van der Waals surface area contributed by atoms with Gasteiger partial charge in [0.25, 0.3) is 0 Å². The lowest BCUT2D eigenvalue weighted by molar-refractivity contribution is -0.124. The highest BCUT2D eigenvalue weighted by Gasteiger charge is 2.32. The minimum absolute atomic E-state index is 0.0713. The average Bonchev–Trinajstić information content (AvgIpc) is 2.98. The molecule has 0 bridgehead atoms. The van der Waals surface area contributed by atoms with Gasteiger partial charge in [-0.15, -0.1) is 0 Å². The predicted octanol–water partition coefficient (Wildman–Crippen LogP) is 2.12. The van der Waals surface area contributed by atoms with Gasteiger partial charge in [0.1, 0.15) is 5.75 Å². The van der Waals surface area contributed by atoms with Crippen LogP contribution in [-0.2, 0) is 14.6 Å². The zero-order valence-corrected chi connectivity index (χ0v) is 15.0. The first-order valence-corrected chi connectivity index (χ1v) is 9.83. The Balaban J connectivity index is 1.73. The molecule has 1 fully saturated rings. The van der Waals surface area contributed by atoms with Gasteiger partial charge >= 0.3 is 0 Å². The van der Waals surface area contributed by atoms with Crippen LogP contribution in [0.3, 0.4) is 0 Å². The fourth-order valence-electron chi connectivity index (χ4n) is 2.87. The molecule has 25 heavy (non-hydrogen) atoms. The molecule has 132 valence electrons. The number of fused-ring (bicyclic) bond motifs is 1. The first-order chi connectivity index (χ1) is 11.9. The fourth-order valence-corrected chi connectivity index (χ4v) is 4.61. The second-order valence-corrected chi connectivity index (χ2v) is 8.43. The number of hydrogen-bond donors (Lipinski definition) is 1. The lowest BCUT2D eigenvalue weighted by Gasteiger charge is -2.08. The molecule has 0 aromatic heterocycles. The van der Waals surface area contributed by atoms with Gasteiger partial charge in [0.15, 0.2) is 9.84 Å². The summed E-state index contributed by atoms with van der Waals surface area (Å²) in [5.41, 5.74) is 4.04. The monoisotopic (exact) mass is 360 g/mol. The molecule has 1 heterocycles. The van der Waals surface area contributed by atoms with Crippen LogP contribution in [0.4, 0.5) is 0 Å². The van der Waals surface area contributed by atoms with Crippen LogP contribution in [0.5, 0.6) is 5.75 Å². The molecule has 2 aromatic carbocycles. The van der Waals surface area contributed by atoms with Gasteiger partial charge in [0.05, 0.1) is 30.2 Å².